The van der Waals surface area contributed by atoms with E-state index >= 15 is 0 Å². The third-order valence-electron chi connectivity index (χ3n) is 6.09. The first-order valence-corrected chi connectivity index (χ1v) is 12.5. The molecule has 1 aliphatic rings. The zero-order chi connectivity index (χ0) is 26.1. The minimum Gasteiger partial charge on any atom is -0.450 e. The summed E-state index contributed by atoms with van der Waals surface area (Å²) < 4.78 is 20.7. The molecule has 0 atom stereocenters. The Labute approximate surface area is 214 Å². The van der Waals surface area contributed by atoms with Crippen molar-refractivity contribution in [2.45, 2.75) is 26.4 Å². The van der Waals surface area contributed by atoms with Crippen LogP contribution in [0.15, 0.2) is 64.2 Å². The van der Waals surface area contributed by atoms with Crippen molar-refractivity contribution in [3.63, 3.8) is 0 Å². The summed E-state index contributed by atoms with van der Waals surface area (Å²) in [6.07, 6.45) is -0.0265. The number of halogens is 1. The van der Waals surface area contributed by atoms with Crippen LogP contribution in [-0.4, -0.2) is 39.2 Å². The molecule has 0 aliphatic carbocycles. The summed E-state index contributed by atoms with van der Waals surface area (Å²) in [5.74, 6) is -0.945. The van der Waals surface area contributed by atoms with Gasteiger partial charge in [0.2, 0.25) is 5.91 Å². The predicted octanol–water partition coefficient (Wildman–Crippen LogP) is 3.51. The van der Waals surface area contributed by atoms with E-state index in [1.807, 2.05) is 0 Å². The lowest BCUT2D eigenvalue weighted by Crippen LogP contribution is -2.41. The van der Waals surface area contributed by atoms with Crippen molar-refractivity contribution >= 4 is 39.2 Å². The predicted molar refractivity (Wildman–Crippen MR) is 138 cm³/mol. The van der Waals surface area contributed by atoms with Crippen LogP contribution in [0.25, 0.3) is 15.9 Å². The zero-order valence-electron chi connectivity index (χ0n) is 19.9. The van der Waals surface area contributed by atoms with Crippen molar-refractivity contribution in [1.82, 2.24) is 14.0 Å². The van der Waals surface area contributed by atoms with E-state index in [1.165, 1.54) is 40.2 Å². The second-order valence-corrected chi connectivity index (χ2v) is 9.54. The second-order valence-electron chi connectivity index (χ2n) is 8.45. The zero-order valence-corrected chi connectivity index (χ0v) is 20.7. The van der Waals surface area contributed by atoms with Crippen LogP contribution in [0, 0.1) is 5.82 Å². The van der Waals surface area contributed by atoms with Gasteiger partial charge >= 0.3 is 11.8 Å². The molecule has 0 saturated heterocycles. The van der Waals surface area contributed by atoms with Crippen molar-refractivity contribution < 1.29 is 18.7 Å². The Morgan fingerprint density at radius 2 is 1.81 bits per heavy atom. The molecular formula is C26H23FN4O5S. The number of thiophene rings is 1. The summed E-state index contributed by atoms with van der Waals surface area (Å²) in [5.41, 5.74) is 0.406. The van der Waals surface area contributed by atoms with Crippen LogP contribution in [0.4, 0.5) is 14.9 Å². The number of para-hydroxylation sites is 1. The lowest BCUT2D eigenvalue weighted by atomic mass is 10.1. The maximum absolute atomic E-state index is 13.7. The number of nitrogens with one attached hydrogen (secondary N) is 1. The number of aromatic nitrogens is 2. The standard InChI is InChI=1S/C26H23FN4O5S/c1-2-36-26(35)29-13-12-19-20(14-29)37-24-22(19)23(33)31(18-6-4-3-5-7-18)25(34)30(24)15-21(32)28-17-10-8-16(27)9-11-17/h3-11H,2,12-15H2,1H3,(H,28,32). The van der Waals surface area contributed by atoms with Crippen LogP contribution in [0.3, 0.4) is 0 Å². The molecule has 0 unspecified atom stereocenters. The van der Waals surface area contributed by atoms with Crippen molar-refractivity contribution in [1.29, 1.82) is 0 Å². The largest absolute Gasteiger partial charge is 0.450 e. The molecule has 3 heterocycles. The van der Waals surface area contributed by atoms with E-state index in [9.17, 15) is 23.6 Å². The first-order valence-electron chi connectivity index (χ1n) is 11.7. The number of amides is 2. The number of fused-ring (bicyclic) bond motifs is 3. The first-order chi connectivity index (χ1) is 17.9. The van der Waals surface area contributed by atoms with Gasteiger partial charge in [-0.15, -0.1) is 11.3 Å². The SMILES string of the molecule is CCOC(=O)N1CCc2c(sc3c2c(=O)n(-c2ccccc2)c(=O)n3CC(=O)Nc2ccc(F)cc2)C1. The highest BCUT2D eigenvalue weighted by atomic mass is 32.1. The lowest BCUT2D eigenvalue weighted by Gasteiger charge is -2.25. The Balaban J connectivity index is 1.62. The van der Waals surface area contributed by atoms with E-state index < -0.39 is 29.1 Å². The van der Waals surface area contributed by atoms with Crippen molar-refractivity contribution in [3.8, 4) is 5.69 Å². The van der Waals surface area contributed by atoms with E-state index in [4.69, 9.17) is 4.74 Å². The highest BCUT2D eigenvalue weighted by Crippen LogP contribution is 2.33. The van der Waals surface area contributed by atoms with Gasteiger partial charge in [-0.05, 0) is 55.3 Å². The topological polar surface area (TPSA) is 103 Å². The number of rotatable bonds is 5. The molecule has 1 N–H and O–H groups in total. The van der Waals surface area contributed by atoms with Gasteiger partial charge in [0.05, 0.1) is 24.2 Å². The fourth-order valence-corrected chi connectivity index (χ4v) is 5.74. The Morgan fingerprint density at radius 3 is 2.51 bits per heavy atom. The van der Waals surface area contributed by atoms with Crippen LogP contribution in [0.1, 0.15) is 17.4 Å². The van der Waals surface area contributed by atoms with Crippen molar-refractivity contribution in [2.75, 3.05) is 18.5 Å². The molecule has 1 aliphatic heterocycles. The summed E-state index contributed by atoms with van der Waals surface area (Å²) in [4.78, 5) is 55.2. The Hall–Kier alpha value is -4.25. The van der Waals surface area contributed by atoms with Crippen LogP contribution in [-0.2, 0) is 29.0 Å². The molecule has 4 aromatic rings. The molecule has 37 heavy (non-hydrogen) atoms. The monoisotopic (exact) mass is 522 g/mol. The summed E-state index contributed by atoms with van der Waals surface area (Å²) in [6, 6.07) is 13.8. The third-order valence-corrected chi connectivity index (χ3v) is 7.33. The van der Waals surface area contributed by atoms with Gasteiger partial charge in [-0.25, -0.2) is 18.5 Å². The van der Waals surface area contributed by atoms with Gasteiger partial charge in [-0.1, -0.05) is 18.2 Å². The summed E-state index contributed by atoms with van der Waals surface area (Å²) in [6.45, 7) is 2.23. The molecule has 2 aromatic carbocycles. The molecule has 0 radical (unpaired) electrons. The smallest absolute Gasteiger partial charge is 0.410 e. The van der Waals surface area contributed by atoms with E-state index in [2.05, 4.69) is 5.32 Å². The van der Waals surface area contributed by atoms with Gasteiger partial charge in [0.1, 0.15) is 17.2 Å². The van der Waals surface area contributed by atoms with E-state index in [0.717, 1.165) is 15.0 Å². The third kappa shape index (κ3) is 4.65. The number of benzene rings is 2. The summed E-state index contributed by atoms with van der Waals surface area (Å²) >= 11 is 1.22. The summed E-state index contributed by atoms with van der Waals surface area (Å²) in [7, 11) is 0. The lowest BCUT2D eigenvalue weighted by molar-refractivity contribution is -0.116. The van der Waals surface area contributed by atoms with E-state index in [-0.39, 0.29) is 19.7 Å². The Morgan fingerprint density at radius 1 is 1.08 bits per heavy atom. The molecule has 0 fully saturated rings. The maximum Gasteiger partial charge on any atom is 0.410 e. The highest BCUT2D eigenvalue weighted by Gasteiger charge is 2.29. The van der Waals surface area contributed by atoms with Crippen LogP contribution < -0.4 is 16.6 Å². The summed E-state index contributed by atoms with van der Waals surface area (Å²) in [5, 5.41) is 3.03. The molecule has 0 spiro atoms. The molecule has 0 bridgehead atoms. The number of ether oxygens (including phenoxy) is 1. The molecule has 9 nitrogen and oxygen atoms in total. The van der Waals surface area contributed by atoms with Gasteiger partial charge < -0.3 is 15.0 Å². The van der Waals surface area contributed by atoms with Gasteiger partial charge in [0.15, 0.2) is 0 Å². The number of anilines is 1. The van der Waals surface area contributed by atoms with Gasteiger partial charge in [-0.2, -0.15) is 0 Å². The normalized spacial score (nSPS) is 12.9. The number of hydrogen-bond donors (Lipinski definition) is 1. The van der Waals surface area contributed by atoms with Crippen LogP contribution >= 0.6 is 11.3 Å². The van der Waals surface area contributed by atoms with Crippen molar-refractivity contribution in [2.24, 2.45) is 0 Å². The molecule has 190 valence electrons. The van der Waals surface area contributed by atoms with Gasteiger partial charge in [0.25, 0.3) is 5.56 Å². The first kappa shape index (κ1) is 24.4. The molecule has 5 rings (SSSR count). The highest BCUT2D eigenvalue weighted by molar-refractivity contribution is 7.18. The number of nitrogens with zero attached hydrogens (tertiary/aromatic N) is 3. The van der Waals surface area contributed by atoms with Crippen LogP contribution in [0.2, 0.25) is 0 Å². The molecule has 2 amide bonds. The molecule has 2 aromatic heterocycles. The molecule has 11 heteroatoms. The Kier molecular flexibility index (Phi) is 6.62. The molecular weight excluding hydrogens is 499 g/mol. The van der Waals surface area contributed by atoms with Gasteiger partial charge in [-0.3, -0.25) is 14.2 Å². The number of carbonyl (C=O) groups is 2. The van der Waals surface area contributed by atoms with Gasteiger partial charge in [0, 0.05) is 17.1 Å². The van der Waals surface area contributed by atoms with Crippen molar-refractivity contribution in [3.05, 3.63) is 91.7 Å². The van der Waals surface area contributed by atoms with E-state index in [0.29, 0.717) is 34.6 Å². The average molecular weight is 523 g/mol. The second kappa shape index (κ2) is 10.0. The van der Waals surface area contributed by atoms with E-state index in [1.54, 1.807) is 42.2 Å². The Bertz CT molecular complexity index is 1610. The molecule has 0 saturated carbocycles. The van der Waals surface area contributed by atoms with Crippen LogP contribution in [0.5, 0.6) is 0 Å². The number of carbonyl (C=O) groups excluding carboxylic acids is 2. The average Bonchev–Trinajstić information content (AvgIpc) is 3.28. The minimum absolute atomic E-state index is 0.244. The fourth-order valence-electron chi connectivity index (χ4n) is 4.40. The fraction of sp³-hybridized carbons (Fsp3) is 0.231. The maximum atomic E-state index is 13.7. The minimum atomic E-state index is -0.654. The quantitative estimate of drug-likeness (QED) is 0.432. The number of hydrogen-bond acceptors (Lipinski definition) is 6.